The maximum Gasteiger partial charge on any atom is 0.307 e. The zero-order chi connectivity index (χ0) is 18.6. The number of methoxy groups -OCH3 is 1. The Kier molecular flexibility index (Phi) is 5.27. The number of carbonyl (C=O) groups is 1. The Morgan fingerprint density at radius 3 is 2.52 bits per heavy atom. The van der Waals surface area contributed by atoms with Gasteiger partial charge in [-0.3, -0.25) is 29.7 Å². The van der Waals surface area contributed by atoms with Crippen LogP contribution in [0.25, 0.3) is 0 Å². The second-order valence-corrected chi connectivity index (χ2v) is 4.99. The van der Waals surface area contributed by atoms with Crippen molar-refractivity contribution in [1.29, 1.82) is 0 Å². The average Bonchev–Trinajstić information content (AvgIpc) is 3.05. The van der Waals surface area contributed by atoms with Gasteiger partial charge in [0.2, 0.25) is 5.91 Å². The number of anilines is 1. The van der Waals surface area contributed by atoms with Crippen LogP contribution in [0.2, 0.25) is 0 Å². The number of non-ortho nitro benzene ring substituents is 1. The number of nitrogens with one attached hydrogen (secondary N) is 1. The van der Waals surface area contributed by atoms with E-state index in [1.165, 1.54) is 36.2 Å². The summed E-state index contributed by atoms with van der Waals surface area (Å²) in [6.45, 7) is 1.73. The van der Waals surface area contributed by atoms with Crippen molar-refractivity contribution in [3.05, 3.63) is 50.8 Å². The van der Waals surface area contributed by atoms with Crippen LogP contribution in [0.15, 0.2) is 30.6 Å². The molecule has 25 heavy (non-hydrogen) atoms. The second-order valence-electron chi connectivity index (χ2n) is 4.99. The summed E-state index contributed by atoms with van der Waals surface area (Å²) < 4.78 is 6.26. The molecule has 0 aliphatic rings. The molecule has 0 spiro atoms. The molecule has 1 heterocycles. The van der Waals surface area contributed by atoms with Crippen LogP contribution in [0, 0.1) is 20.2 Å². The molecule has 0 saturated carbocycles. The molecule has 0 aliphatic heterocycles. The van der Waals surface area contributed by atoms with Gasteiger partial charge in [0.05, 0.1) is 28.7 Å². The van der Waals surface area contributed by atoms with Gasteiger partial charge in [0, 0.05) is 6.07 Å². The minimum absolute atomic E-state index is 0.129. The second kappa shape index (κ2) is 7.38. The monoisotopic (exact) mass is 349 g/mol. The number of benzene rings is 1. The van der Waals surface area contributed by atoms with Crippen molar-refractivity contribution in [3.63, 3.8) is 0 Å². The molecule has 1 aromatic carbocycles. The highest BCUT2D eigenvalue weighted by atomic mass is 16.6. The minimum Gasteiger partial charge on any atom is -0.494 e. The summed E-state index contributed by atoms with van der Waals surface area (Å²) in [4.78, 5) is 32.8. The van der Waals surface area contributed by atoms with E-state index in [1.807, 2.05) is 0 Å². The Morgan fingerprint density at radius 1 is 1.32 bits per heavy atom. The largest absolute Gasteiger partial charge is 0.494 e. The molecule has 0 saturated heterocycles. The van der Waals surface area contributed by atoms with Crippen LogP contribution in [0.1, 0.15) is 19.4 Å². The van der Waals surface area contributed by atoms with Crippen molar-refractivity contribution >= 4 is 23.0 Å². The van der Waals surface area contributed by atoms with Crippen molar-refractivity contribution in [2.45, 2.75) is 19.4 Å². The van der Waals surface area contributed by atoms with E-state index in [9.17, 15) is 25.0 Å². The standard InChI is InChI=1S/C14H15N5O6/c1-3-12(17-8-10(7-15-17)19(23)24)14(20)16-11-5-4-9(18(21)22)6-13(11)25-2/h4-8,12H,3H2,1-2H3,(H,16,20). The van der Waals surface area contributed by atoms with Gasteiger partial charge in [-0.1, -0.05) is 6.92 Å². The molecule has 11 nitrogen and oxygen atoms in total. The van der Waals surface area contributed by atoms with Gasteiger partial charge in [0.15, 0.2) is 0 Å². The molecular weight excluding hydrogens is 334 g/mol. The van der Waals surface area contributed by atoms with Crippen LogP contribution in [-0.4, -0.2) is 32.6 Å². The number of rotatable bonds is 7. The number of amides is 1. The van der Waals surface area contributed by atoms with E-state index >= 15 is 0 Å². The van der Waals surface area contributed by atoms with E-state index in [1.54, 1.807) is 6.92 Å². The van der Waals surface area contributed by atoms with Crippen LogP contribution in [0.5, 0.6) is 5.75 Å². The number of carbonyl (C=O) groups excluding carboxylic acids is 1. The number of nitro benzene ring substituents is 1. The third-order valence-corrected chi connectivity index (χ3v) is 3.46. The first kappa shape index (κ1) is 17.8. The van der Waals surface area contributed by atoms with Crippen molar-refractivity contribution in [1.82, 2.24) is 9.78 Å². The van der Waals surface area contributed by atoms with Gasteiger partial charge >= 0.3 is 5.69 Å². The van der Waals surface area contributed by atoms with Crippen LogP contribution in [0.4, 0.5) is 17.1 Å². The molecule has 0 aliphatic carbocycles. The van der Waals surface area contributed by atoms with E-state index < -0.39 is 21.8 Å². The predicted molar refractivity (Wildman–Crippen MR) is 86.5 cm³/mol. The van der Waals surface area contributed by atoms with Crippen LogP contribution in [-0.2, 0) is 4.79 Å². The molecule has 11 heteroatoms. The summed E-state index contributed by atoms with van der Waals surface area (Å²) in [5.41, 5.74) is -0.151. The maximum atomic E-state index is 12.5. The Labute approximate surface area is 141 Å². The van der Waals surface area contributed by atoms with Crippen molar-refractivity contribution in [2.24, 2.45) is 0 Å². The SMILES string of the molecule is CCC(C(=O)Nc1ccc([N+](=O)[O-])cc1OC)n1cc([N+](=O)[O-])cn1. The zero-order valence-electron chi connectivity index (χ0n) is 13.4. The summed E-state index contributed by atoms with van der Waals surface area (Å²) in [7, 11) is 1.32. The Morgan fingerprint density at radius 2 is 2.00 bits per heavy atom. The molecule has 1 atom stereocenters. The predicted octanol–water partition coefficient (Wildman–Crippen LogP) is 2.30. The Hall–Kier alpha value is -3.50. The lowest BCUT2D eigenvalue weighted by molar-refractivity contribution is -0.385. The summed E-state index contributed by atoms with van der Waals surface area (Å²) >= 11 is 0. The molecule has 2 rings (SSSR count). The molecular formula is C14H15N5O6. The van der Waals surface area contributed by atoms with Gasteiger partial charge < -0.3 is 10.1 Å². The maximum absolute atomic E-state index is 12.5. The number of hydrogen-bond donors (Lipinski definition) is 1. The smallest absolute Gasteiger partial charge is 0.307 e. The van der Waals surface area contributed by atoms with E-state index in [-0.39, 0.29) is 22.8 Å². The molecule has 1 unspecified atom stereocenters. The summed E-state index contributed by atoms with van der Waals surface area (Å²) in [6, 6.07) is 2.99. The molecule has 1 N–H and O–H groups in total. The van der Waals surface area contributed by atoms with Gasteiger partial charge in [-0.2, -0.15) is 5.10 Å². The molecule has 0 bridgehead atoms. The van der Waals surface area contributed by atoms with Crippen molar-refractivity contribution in [3.8, 4) is 5.75 Å². The first-order chi connectivity index (χ1) is 11.9. The first-order valence-electron chi connectivity index (χ1n) is 7.19. The van der Waals surface area contributed by atoms with Crippen molar-refractivity contribution < 1.29 is 19.4 Å². The fourth-order valence-corrected chi connectivity index (χ4v) is 2.20. The molecule has 132 valence electrons. The van der Waals surface area contributed by atoms with Gasteiger partial charge in [-0.25, -0.2) is 0 Å². The van der Waals surface area contributed by atoms with Gasteiger partial charge in [0.25, 0.3) is 5.69 Å². The summed E-state index contributed by atoms with van der Waals surface area (Å²) in [6.07, 6.45) is 2.56. The van der Waals surface area contributed by atoms with Gasteiger partial charge in [0.1, 0.15) is 24.2 Å². The van der Waals surface area contributed by atoms with E-state index in [4.69, 9.17) is 4.74 Å². The molecule has 1 amide bonds. The number of nitrogens with zero attached hydrogens (tertiary/aromatic N) is 4. The Balaban J connectivity index is 2.24. The fraction of sp³-hybridized carbons (Fsp3) is 0.286. The van der Waals surface area contributed by atoms with Gasteiger partial charge in [-0.15, -0.1) is 0 Å². The van der Waals surface area contributed by atoms with Crippen LogP contribution < -0.4 is 10.1 Å². The number of hydrogen-bond acceptors (Lipinski definition) is 7. The molecule has 1 aromatic heterocycles. The normalized spacial score (nSPS) is 11.6. The highest BCUT2D eigenvalue weighted by Gasteiger charge is 2.23. The van der Waals surface area contributed by atoms with Gasteiger partial charge in [-0.05, 0) is 12.5 Å². The summed E-state index contributed by atoms with van der Waals surface area (Å²) in [5.74, 6) is -0.350. The zero-order valence-corrected chi connectivity index (χ0v) is 13.4. The molecule has 0 fully saturated rings. The molecule has 2 aromatic rings. The highest BCUT2D eigenvalue weighted by molar-refractivity contribution is 5.95. The number of aromatic nitrogens is 2. The van der Waals surface area contributed by atoms with E-state index in [0.29, 0.717) is 6.42 Å². The quantitative estimate of drug-likeness (QED) is 0.596. The van der Waals surface area contributed by atoms with E-state index in [0.717, 1.165) is 6.20 Å². The Bertz CT molecular complexity index is 818. The fourth-order valence-electron chi connectivity index (χ4n) is 2.20. The van der Waals surface area contributed by atoms with Crippen LogP contribution in [0.3, 0.4) is 0 Å². The first-order valence-corrected chi connectivity index (χ1v) is 7.19. The number of ether oxygens (including phenoxy) is 1. The third-order valence-electron chi connectivity index (χ3n) is 3.46. The minimum atomic E-state index is -0.784. The highest BCUT2D eigenvalue weighted by Crippen LogP contribution is 2.30. The summed E-state index contributed by atoms with van der Waals surface area (Å²) in [5, 5.41) is 28.0. The lowest BCUT2D eigenvalue weighted by Gasteiger charge is -2.16. The lowest BCUT2D eigenvalue weighted by Crippen LogP contribution is -2.26. The average molecular weight is 349 g/mol. The van der Waals surface area contributed by atoms with E-state index in [2.05, 4.69) is 10.4 Å². The third kappa shape index (κ3) is 3.88. The van der Waals surface area contributed by atoms with Crippen LogP contribution >= 0.6 is 0 Å². The molecule has 0 radical (unpaired) electrons. The number of nitro groups is 2. The lowest BCUT2D eigenvalue weighted by atomic mass is 10.2. The van der Waals surface area contributed by atoms with Crippen molar-refractivity contribution in [2.75, 3.05) is 12.4 Å². The topological polar surface area (TPSA) is 142 Å².